The molecule has 0 saturated carbocycles. The quantitative estimate of drug-likeness (QED) is 0.243. The largest absolute Gasteiger partial charge is 0.100 e. The van der Waals surface area contributed by atoms with Gasteiger partial charge >= 0.3 is 0 Å². The minimum atomic E-state index is 0.610. The molecule has 4 rings (SSSR count). The van der Waals surface area contributed by atoms with Gasteiger partial charge in [-0.25, -0.2) is 0 Å². The summed E-state index contributed by atoms with van der Waals surface area (Å²) in [5.41, 5.74) is 14.0. The van der Waals surface area contributed by atoms with E-state index in [9.17, 15) is 0 Å². The van der Waals surface area contributed by atoms with Crippen molar-refractivity contribution in [1.29, 1.82) is 0 Å². The molecule has 2 aliphatic carbocycles. The number of aryl methyl sites for hydroxylation is 3. The van der Waals surface area contributed by atoms with Crippen LogP contribution in [0, 0.1) is 32.6 Å². The number of benzene rings is 2. The van der Waals surface area contributed by atoms with Gasteiger partial charge in [-0.15, -0.1) is 6.58 Å². The Morgan fingerprint density at radius 2 is 1.38 bits per heavy atom. The number of rotatable bonds is 8. The SMILES string of the molecule is C=C(C)c1ccccc1.C=CC1=CC=C(C2=CCC(CCC(=C)C)/C(=C\CC)C2CC)CC1.CC.CC.CC.CC.Cc1ccc(C)c(C)c1. The summed E-state index contributed by atoms with van der Waals surface area (Å²) in [4.78, 5) is 0. The molecule has 50 heavy (non-hydrogen) atoms. The Kier molecular flexibility index (Phi) is 33.5. The van der Waals surface area contributed by atoms with E-state index in [1.807, 2.05) is 86.6 Å². The molecule has 0 amide bonds. The average Bonchev–Trinajstić information content (AvgIpc) is 3.16. The Bertz CT molecular complexity index is 1310. The van der Waals surface area contributed by atoms with Gasteiger partial charge in [-0.2, -0.15) is 0 Å². The van der Waals surface area contributed by atoms with E-state index in [0.29, 0.717) is 11.8 Å². The van der Waals surface area contributed by atoms with Crippen LogP contribution in [0.1, 0.15) is 150 Å². The standard InChI is InChI=1S/C24H34.C9H12.C9H10.4C2H6/c1-6-9-23-20(13-10-18(4)5)16-17-24(22(23)8-3)21-14-11-19(7-2)12-15-21;1-7-4-5-8(2)9(3)6-7;1-8(2)9-6-4-3-5-7-9;4*1-2/h7,9,11,14,17,20,22H,2,4,6,8,10,12-13,15-16H2,1,3,5H3;4-6H,1-3H3;3-7H,1H2,2H3;4*1-2H3/b23-9+;;;;;;. The molecule has 0 nitrogen and oxygen atoms in total. The zero-order valence-corrected chi connectivity index (χ0v) is 35.7. The normalized spacial score (nSPS) is 16.2. The van der Waals surface area contributed by atoms with Gasteiger partial charge in [-0.3, -0.25) is 0 Å². The van der Waals surface area contributed by atoms with E-state index in [0.717, 1.165) is 31.3 Å². The Labute approximate surface area is 314 Å². The highest BCUT2D eigenvalue weighted by atomic mass is 14.3. The molecule has 280 valence electrons. The molecule has 2 aliphatic rings. The minimum absolute atomic E-state index is 0.610. The topological polar surface area (TPSA) is 0 Å². The number of hydrogen-bond donors (Lipinski definition) is 0. The van der Waals surface area contributed by atoms with Gasteiger partial charge in [0.25, 0.3) is 0 Å². The van der Waals surface area contributed by atoms with Gasteiger partial charge in [0, 0.05) is 5.92 Å². The summed E-state index contributed by atoms with van der Waals surface area (Å²) in [6, 6.07) is 16.7. The third-order valence-electron chi connectivity index (χ3n) is 8.38. The molecule has 0 saturated heterocycles. The van der Waals surface area contributed by atoms with Crippen molar-refractivity contribution < 1.29 is 0 Å². The minimum Gasteiger partial charge on any atom is -0.100 e. The van der Waals surface area contributed by atoms with Crippen LogP contribution in [-0.4, -0.2) is 0 Å². The van der Waals surface area contributed by atoms with Gasteiger partial charge in [0.2, 0.25) is 0 Å². The third-order valence-corrected chi connectivity index (χ3v) is 8.38. The van der Waals surface area contributed by atoms with E-state index in [1.165, 1.54) is 52.7 Å². The van der Waals surface area contributed by atoms with Crippen molar-refractivity contribution >= 4 is 5.57 Å². The number of allylic oxidation sites excluding steroid dienone is 11. The van der Waals surface area contributed by atoms with Gasteiger partial charge in [-0.05, 0) is 119 Å². The van der Waals surface area contributed by atoms with Crippen molar-refractivity contribution in [2.45, 2.75) is 149 Å². The predicted octanol–water partition coefficient (Wildman–Crippen LogP) is 16.9. The molecule has 0 N–H and O–H groups in total. The van der Waals surface area contributed by atoms with Gasteiger partial charge in [0.1, 0.15) is 0 Å². The van der Waals surface area contributed by atoms with Crippen LogP contribution in [0.2, 0.25) is 0 Å². The fraction of sp³-hybridized carbons (Fsp3) is 0.480. The smallest absolute Gasteiger partial charge is 0.00479 e. The lowest BCUT2D eigenvalue weighted by Crippen LogP contribution is -2.21. The zero-order valence-electron chi connectivity index (χ0n) is 35.7. The van der Waals surface area contributed by atoms with Gasteiger partial charge in [0.05, 0.1) is 0 Å². The first-order valence-corrected chi connectivity index (χ1v) is 19.9. The van der Waals surface area contributed by atoms with Crippen LogP contribution in [0.4, 0.5) is 0 Å². The highest BCUT2D eigenvalue weighted by Gasteiger charge is 2.29. The van der Waals surface area contributed by atoms with Gasteiger partial charge in [0.15, 0.2) is 0 Å². The van der Waals surface area contributed by atoms with E-state index >= 15 is 0 Å². The molecule has 0 heteroatoms. The van der Waals surface area contributed by atoms with Crippen LogP contribution < -0.4 is 0 Å². The summed E-state index contributed by atoms with van der Waals surface area (Å²) in [7, 11) is 0. The molecule has 0 bridgehead atoms. The van der Waals surface area contributed by atoms with Crippen LogP contribution in [0.15, 0.2) is 127 Å². The molecular formula is C50H80. The molecule has 2 unspecified atom stereocenters. The molecule has 2 aromatic rings. The first kappa shape index (κ1) is 51.0. The summed E-state index contributed by atoms with van der Waals surface area (Å²) >= 11 is 0. The molecular weight excluding hydrogens is 601 g/mol. The van der Waals surface area contributed by atoms with Crippen molar-refractivity contribution in [2.75, 3.05) is 0 Å². The van der Waals surface area contributed by atoms with Crippen molar-refractivity contribution in [3.8, 4) is 0 Å². The molecule has 0 aromatic heterocycles. The van der Waals surface area contributed by atoms with E-state index in [4.69, 9.17) is 0 Å². The van der Waals surface area contributed by atoms with Crippen molar-refractivity contribution in [3.05, 3.63) is 149 Å². The van der Waals surface area contributed by atoms with E-state index < -0.39 is 0 Å². The van der Waals surface area contributed by atoms with Gasteiger partial charge < -0.3 is 0 Å². The van der Waals surface area contributed by atoms with Crippen molar-refractivity contribution in [1.82, 2.24) is 0 Å². The molecule has 0 fully saturated rings. The van der Waals surface area contributed by atoms with Crippen molar-refractivity contribution in [3.63, 3.8) is 0 Å². The fourth-order valence-corrected chi connectivity index (χ4v) is 5.75. The average molecular weight is 681 g/mol. The lowest BCUT2D eigenvalue weighted by atomic mass is 9.70. The summed E-state index contributed by atoms with van der Waals surface area (Å²) in [6.45, 7) is 43.0. The second kappa shape index (κ2) is 32.8. The Hall–Kier alpha value is -3.38. The molecule has 2 aromatic carbocycles. The second-order valence-electron chi connectivity index (χ2n) is 12.0. The summed E-state index contributed by atoms with van der Waals surface area (Å²) < 4.78 is 0. The van der Waals surface area contributed by atoms with Crippen LogP contribution in [0.5, 0.6) is 0 Å². The van der Waals surface area contributed by atoms with Crippen LogP contribution in [0.3, 0.4) is 0 Å². The summed E-state index contributed by atoms with van der Waals surface area (Å²) in [6.07, 6.45) is 19.9. The maximum Gasteiger partial charge on any atom is 0.00479 e. The fourth-order valence-electron chi connectivity index (χ4n) is 5.75. The lowest BCUT2D eigenvalue weighted by molar-refractivity contribution is 0.470. The maximum atomic E-state index is 4.09. The highest BCUT2D eigenvalue weighted by molar-refractivity contribution is 5.60. The Morgan fingerprint density at radius 3 is 1.78 bits per heavy atom. The zero-order chi connectivity index (χ0) is 39.1. The number of hydrogen-bond acceptors (Lipinski definition) is 0. The van der Waals surface area contributed by atoms with E-state index in [1.54, 1.807) is 16.7 Å². The van der Waals surface area contributed by atoms with E-state index in [-0.39, 0.29) is 0 Å². The monoisotopic (exact) mass is 681 g/mol. The highest BCUT2D eigenvalue weighted by Crippen LogP contribution is 2.43. The molecule has 0 aliphatic heterocycles. The molecule has 0 spiro atoms. The third kappa shape index (κ3) is 20.3. The summed E-state index contributed by atoms with van der Waals surface area (Å²) in [5, 5.41) is 0. The summed E-state index contributed by atoms with van der Waals surface area (Å²) in [5.74, 6) is 1.32. The predicted molar refractivity (Wildman–Crippen MR) is 235 cm³/mol. The maximum absolute atomic E-state index is 4.09. The van der Waals surface area contributed by atoms with Crippen molar-refractivity contribution in [2.24, 2.45) is 11.8 Å². The lowest BCUT2D eigenvalue weighted by Gasteiger charge is -2.35. The molecule has 2 atom stereocenters. The van der Waals surface area contributed by atoms with Gasteiger partial charge in [-0.1, -0.05) is 184 Å². The van der Waals surface area contributed by atoms with Crippen LogP contribution in [-0.2, 0) is 0 Å². The van der Waals surface area contributed by atoms with Crippen LogP contribution >= 0.6 is 0 Å². The molecule has 0 heterocycles. The first-order valence-electron chi connectivity index (χ1n) is 19.9. The Morgan fingerprint density at radius 1 is 0.780 bits per heavy atom. The van der Waals surface area contributed by atoms with E-state index in [2.05, 4.69) is 116 Å². The molecule has 0 radical (unpaired) electrons. The van der Waals surface area contributed by atoms with Crippen LogP contribution in [0.25, 0.3) is 5.57 Å². The second-order valence-corrected chi connectivity index (χ2v) is 12.0. The Balaban J connectivity index is -0.000000697. The first-order chi connectivity index (χ1) is 24.1.